The Morgan fingerprint density at radius 2 is 0.867 bits per heavy atom. The van der Waals surface area contributed by atoms with Crippen molar-refractivity contribution in [2.75, 3.05) is 0 Å². The maximum Gasteiger partial charge on any atom is 0.145 e. The van der Waals surface area contributed by atoms with E-state index in [1.807, 2.05) is 60.9 Å². The summed E-state index contributed by atoms with van der Waals surface area (Å²) >= 11 is 0. The van der Waals surface area contributed by atoms with E-state index in [-0.39, 0.29) is 0 Å². The second-order valence-corrected chi connectivity index (χ2v) is 11.0. The lowest BCUT2D eigenvalue weighted by Crippen LogP contribution is -1.98. The van der Waals surface area contributed by atoms with E-state index in [0.717, 1.165) is 72.9 Å². The van der Waals surface area contributed by atoms with E-state index >= 15 is 0 Å². The zero-order valence-electron chi connectivity index (χ0n) is 24.5. The van der Waals surface area contributed by atoms with Crippen molar-refractivity contribution in [3.8, 4) is 61.8 Å². The molecule has 8 rings (SSSR count). The molecule has 3 aromatic heterocycles. The zero-order valence-corrected chi connectivity index (χ0v) is 24.5. The molecule has 0 bridgehead atoms. The molecule has 0 aliphatic carbocycles. The Kier molecular flexibility index (Phi) is 6.78. The van der Waals surface area contributed by atoms with Crippen LogP contribution in [0.25, 0.3) is 72.9 Å². The van der Waals surface area contributed by atoms with Crippen molar-refractivity contribution in [3.63, 3.8) is 0 Å². The van der Waals surface area contributed by atoms with Crippen LogP contribution in [0.5, 0.6) is 0 Å². The summed E-state index contributed by atoms with van der Waals surface area (Å²) in [6, 6.07) is 54.4. The van der Waals surface area contributed by atoms with Gasteiger partial charge in [-0.2, -0.15) is 0 Å². The summed E-state index contributed by atoms with van der Waals surface area (Å²) < 4.78 is 2.23. The maximum atomic E-state index is 5.16. The molecule has 5 aromatic carbocycles. The van der Waals surface area contributed by atoms with E-state index in [0.29, 0.717) is 0 Å². The highest BCUT2D eigenvalue weighted by Crippen LogP contribution is 2.35. The molecule has 0 unspecified atom stereocenters. The van der Waals surface area contributed by atoms with Gasteiger partial charge in [0.1, 0.15) is 5.82 Å². The van der Waals surface area contributed by atoms with Crippen molar-refractivity contribution in [1.82, 2.24) is 19.5 Å². The van der Waals surface area contributed by atoms with E-state index in [1.165, 1.54) is 0 Å². The second-order valence-electron chi connectivity index (χ2n) is 11.0. The lowest BCUT2D eigenvalue weighted by Gasteiger charge is -2.13. The van der Waals surface area contributed by atoms with Gasteiger partial charge in [-0.3, -0.25) is 14.5 Å². The number of hydrogen-bond acceptors (Lipinski definition) is 3. The summed E-state index contributed by atoms with van der Waals surface area (Å²) in [6.45, 7) is 0. The lowest BCUT2D eigenvalue weighted by molar-refractivity contribution is 1.10. The first kappa shape index (κ1) is 26.5. The van der Waals surface area contributed by atoms with Crippen LogP contribution in [0, 0.1) is 0 Å². The van der Waals surface area contributed by atoms with Gasteiger partial charge in [-0.05, 0) is 65.7 Å². The Balaban J connectivity index is 1.30. The van der Waals surface area contributed by atoms with E-state index < -0.39 is 0 Å². The van der Waals surface area contributed by atoms with Gasteiger partial charge in [0.15, 0.2) is 0 Å². The topological polar surface area (TPSA) is 43.6 Å². The van der Waals surface area contributed by atoms with Gasteiger partial charge >= 0.3 is 0 Å². The van der Waals surface area contributed by atoms with Crippen LogP contribution in [-0.2, 0) is 0 Å². The lowest BCUT2D eigenvalue weighted by atomic mass is 9.98. The molecule has 3 heterocycles. The van der Waals surface area contributed by atoms with E-state index in [4.69, 9.17) is 15.0 Å². The third-order valence-corrected chi connectivity index (χ3v) is 8.10. The first-order chi connectivity index (χ1) is 22.3. The molecule has 0 spiro atoms. The Labute approximate surface area is 262 Å². The quantitative estimate of drug-likeness (QED) is 0.198. The molecule has 0 saturated carbocycles. The molecule has 0 N–H and O–H groups in total. The minimum Gasteiger partial charge on any atom is -0.292 e. The molecule has 0 aliphatic heterocycles. The molecule has 0 amide bonds. The Hall–Kier alpha value is -6.13. The summed E-state index contributed by atoms with van der Waals surface area (Å²) in [6.07, 6.45) is 3.90. The fraction of sp³-hybridized carbons (Fsp3) is 0. The summed E-state index contributed by atoms with van der Waals surface area (Å²) in [4.78, 5) is 15.0. The largest absolute Gasteiger partial charge is 0.292 e. The second kappa shape index (κ2) is 11.5. The van der Waals surface area contributed by atoms with Crippen molar-refractivity contribution in [1.29, 1.82) is 0 Å². The van der Waals surface area contributed by atoms with Crippen molar-refractivity contribution >= 4 is 11.0 Å². The molecule has 0 radical (unpaired) electrons. The molecular formula is C41H28N4. The molecule has 4 heteroatoms. The van der Waals surface area contributed by atoms with Crippen LogP contribution >= 0.6 is 0 Å². The molecule has 0 fully saturated rings. The van der Waals surface area contributed by atoms with Crippen LogP contribution in [0.15, 0.2) is 170 Å². The third-order valence-electron chi connectivity index (χ3n) is 8.10. The van der Waals surface area contributed by atoms with Crippen LogP contribution in [0.3, 0.4) is 0 Å². The van der Waals surface area contributed by atoms with Crippen LogP contribution < -0.4 is 0 Å². The standard InChI is InChI=1S/C41H28N4/c1-4-12-29(13-5-1)31-20-22-37(42-27-31)33-24-34(38-23-21-32(28-43-38)30-14-6-2-7-15-30)26-35(25-33)41-44-39-18-10-11-19-40(39)45(41)36-16-8-3-9-17-36/h1-28H. The van der Waals surface area contributed by atoms with Crippen LogP contribution in [-0.4, -0.2) is 19.5 Å². The molecule has 0 saturated heterocycles. The van der Waals surface area contributed by atoms with E-state index in [9.17, 15) is 0 Å². The number of hydrogen-bond donors (Lipinski definition) is 0. The highest BCUT2D eigenvalue weighted by molar-refractivity contribution is 5.86. The highest BCUT2D eigenvalue weighted by Gasteiger charge is 2.17. The summed E-state index contributed by atoms with van der Waals surface area (Å²) in [7, 11) is 0. The van der Waals surface area contributed by atoms with Crippen molar-refractivity contribution < 1.29 is 0 Å². The van der Waals surface area contributed by atoms with Gasteiger partial charge in [-0.25, -0.2) is 4.98 Å². The maximum absolute atomic E-state index is 5.16. The van der Waals surface area contributed by atoms with Gasteiger partial charge < -0.3 is 0 Å². The minimum absolute atomic E-state index is 0.868. The fourth-order valence-electron chi connectivity index (χ4n) is 5.84. The van der Waals surface area contributed by atoms with E-state index in [2.05, 4.69) is 114 Å². The minimum atomic E-state index is 0.868. The first-order valence-corrected chi connectivity index (χ1v) is 15.0. The SMILES string of the molecule is c1ccc(-c2ccc(-c3cc(-c4ccc(-c5ccccc5)cn4)cc(-c4nc5ccccc5n4-c4ccccc4)c3)nc2)cc1. The van der Waals surface area contributed by atoms with Crippen LogP contribution in [0.4, 0.5) is 0 Å². The Morgan fingerprint density at radius 1 is 0.378 bits per heavy atom. The van der Waals surface area contributed by atoms with Gasteiger partial charge in [-0.1, -0.05) is 103 Å². The Bertz CT molecular complexity index is 2120. The predicted octanol–water partition coefficient (Wildman–Crippen LogP) is 10.2. The average molecular weight is 577 g/mol. The van der Waals surface area contributed by atoms with Gasteiger partial charge in [-0.15, -0.1) is 0 Å². The third kappa shape index (κ3) is 5.19. The summed E-state index contributed by atoms with van der Waals surface area (Å²) in [5.41, 5.74) is 12.3. The monoisotopic (exact) mass is 576 g/mol. The number of rotatable bonds is 6. The van der Waals surface area contributed by atoms with E-state index in [1.54, 1.807) is 0 Å². The average Bonchev–Trinajstić information content (AvgIpc) is 3.53. The zero-order chi connectivity index (χ0) is 30.0. The summed E-state index contributed by atoms with van der Waals surface area (Å²) in [5, 5.41) is 0. The molecule has 8 aromatic rings. The first-order valence-electron chi connectivity index (χ1n) is 15.0. The van der Waals surface area contributed by atoms with Gasteiger partial charge in [0.05, 0.1) is 22.4 Å². The number of nitrogens with zero attached hydrogens (tertiary/aromatic N) is 4. The normalized spacial score (nSPS) is 11.1. The molecule has 45 heavy (non-hydrogen) atoms. The number of para-hydroxylation sites is 3. The van der Waals surface area contributed by atoms with Crippen molar-refractivity contribution in [3.05, 3.63) is 170 Å². The van der Waals surface area contributed by atoms with Gasteiger partial charge in [0, 0.05) is 45.9 Å². The Morgan fingerprint density at radius 3 is 1.40 bits per heavy atom. The number of aromatic nitrogens is 4. The predicted molar refractivity (Wildman–Crippen MR) is 184 cm³/mol. The number of fused-ring (bicyclic) bond motifs is 1. The van der Waals surface area contributed by atoms with Crippen LogP contribution in [0.2, 0.25) is 0 Å². The molecule has 0 atom stereocenters. The summed E-state index contributed by atoms with van der Waals surface area (Å²) in [5.74, 6) is 0.868. The van der Waals surface area contributed by atoms with Gasteiger partial charge in [0.2, 0.25) is 0 Å². The number of benzene rings is 5. The highest BCUT2D eigenvalue weighted by atomic mass is 15.1. The fourth-order valence-corrected chi connectivity index (χ4v) is 5.84. The van der Waals surface area contributed by atoms with Gasteiger partial charge in [0.25, 0.3) is 0 Å². The van der Waals surface area contributed by atoms with Crippen molar-refractivity contribution in [2.45, 2.75) is 0 Å². The number of pyridine rings is 2. The molecule has 0 aliphatic rings. The molecule has 4 nitrogen and oxygen atoms in total. The van der Waals surface area contributed by atoms with Crippen LogP contribution in [0.1, 0.15) is 0 Å². The van der Waals surface area contributed by atoms with Crippen molar-refractivity contribution in [2.24, 2.45) is 0 Å². The number of imidazole rings is 1. The molecule has 212 valence electrons. The smallest absolute Gasteiger partial charge is 0.145 e. The molecular weight excluding hydrogens is 548 g/mol.